The Hall–Kier alpha value is -1.06. The van der Waals surface area contributed by atoms with Gasteiger partial charge in [0.25, 0.3) is 10.0 Å². The molecule has 0 unspecified atom stereocenters. The van der Waals surface area contributed by atoms with Gasteiger partial charge in [-0.3, -0.25) is 9.82 Å². The molecular formula is C7H7BrN4O2S2. The number of aromatic nitrogens is 2. The second kappa shape index (κ2) is 4.07. The lowest BCUT2D eigenvalue weighted by molar-refractivity contribution is 0.603. The van der Waals surface area contributed by atoms with Gasteiger partial charge in [0.15, 0.2) is 5.82 Å². The van der Waals surface area contributed by atoms with Gasteiger partial charge in [0.05, 0.1) is 15.7 Å². The summed E-state index contributed by atoms with van der Waals surface area (Å²) in [5.41, 5.74) is 5.75. The molecule has 0 atom stereocenters. The summed E-state index contributed by atoms with van der Waals surface area (Å²) in [5.74, 6) is 0.171. The van der Waals surface area contributed by atoms with Crippen LogP contribution >= 0.6 is 27.3 Å². The molecule has 0 bridgehead atoms. The van der Waals surface area contributed by atoms with Crippen LogP contribution < -0.4 is 10.5 Å². The molecular weight excluding hydrogens is 316 g/mol. The van der Waals surface area contributed by atoms with Crippen molar-refractivity contribution in [3.63, 3.8) is 0 Å². The van der Waals surface area contributed by atoms with Gasteiger partial charge in [-0.25, -0.2) is 8.42 Å². The van der Waals surface area contributed by atoms with E-state index in [-0.39, 0.29) is 15.7 Å². The Kier molecular flexibility index (Phi) is 2.91. The number of nitrogens with zero attached hydrogens (tertiary/aromatic N) is 1. The van der Waals surface area contributed by atoms with Crippen LogP contribution in [0, 0.1) is 0 Å². The van der Waals surface area contributed by atoms with Crippen molar-refractivity contribution in [2.45, 2.75) is 4.21 Å². The van der Waals surface area contributed by atoms with E-state index in [2.05, 4.69) is 30.8 Å². The van der Waals surface area contributed by atoms with Crippen LogP contribution in [0.2, 0.25) is 0 Å². The summed E-state index contributed by atoms with van der Waals surface area (Å²) < 4.78 is 26.9. The maximum absolute atomic E-state index is 11.8. The fourth-order valence-electron chi connectivity index (χ4n) is 1.00. The molecule has 0 aliphatic heterocycles. The van der Waals surface area contributed by atoms with Crippen molar-refractivity contribution in [1.82, 2.24) is 10.2 Å². The normalized spacial score (nSPS) is 11.6. The van der Waals surface area contributed by atoms with E-state index in [1.165, 1.54) is 12.3 Å². The Balaban J connectivity index is 2.31. The average molecular weight is 323 g/mol. The predicted molar refractivity (Wildman–Crippen MR) is 65.8 cm³/mol. The number of nitrogens with one attached hydrogen (secondary N) is 2. The summed E-state index contributed by atoms with van der Waals surface area (Å²) in [6.45, 7) is 0. The number of hydrogen-bond acceptors (Lipinski definition) is 5. The maximum Gasteiger partial charge on any atom is 0.272 e. The monoisotopic (exact) mass is 322 g/mol. The number of sulfonamides is 1. The van der Waals surface area contributed by atoms with E-state index in [1.54, 1.807) is 6.07 Å². The zero-order valence-electron chi connectivity index (χ0n) is 7.77. The smallest absolute Gasteiger partial charge is 0.272 e. The lowest BCUT2D eigenvalue weighted by atomic mass is 10.6. The number of anilines is 2. The Morgan fingerprint density at radius 3 is 2.75 bits per heavy atom. The van der Waals surface area contributed by atoms with Gasteiger partial charge in [0.2, 0.25) is 0 Å². The van der Waals surface area contributed by atoms with Crippen molar-refractivity contribution >= 4 is 48.8 Å². The van der Waals surface area contributed by atoms with E-state index in [9.17, 15) is 8.42 Å². The SMILES string of the molecule is Nc1cn[nH]c1NS(=O)(=O)c1ccc(Br)s1. The molecule has 0 spiro atoms. The quantitative estimate of drug-likeness (QED) is 0.799. The number of halogens is 1. The van der Waals surface area contributed by atoms with Gasteiger partial charge >= 0.3 is 0 Å². The molecule has 0 amide bonds. The molecule has 9 heteroatoms. The number of nitrogens with two attached hydrogens (primary N) is 1. The van der Waals surface area contributed by atoms with E-state index < -0.39 is 10.0 Å². The van der Waals surface area contributed by atoms with E-state index in [1.807, 2.05) is 0 Å². The molecule has 2 rings (SSSR count). The molecule has 0 aliphatic carbocycles. The van der Waals surface area contributed by atoms with Crippen LogP contribution in [-0.4, -0.2) is 18.6 Å². The highest BCUT2D eigenvalue weighted by Crippen LogP contribution is 2.28. The standard InChI is InChI=1S/C7H7BrN4O2S2/c8-5-1-2-6(15-5)16(13,14)12-7-4(9)3-10-11-7/h1-3H,9H2,(H2,10,11,12). The average Bonchev–Trinajstić information content (AvgIpc) is 2.77. The highest BCUT2D eigenvalue weighted by molar-refractivity contribution is 9.11. The van der Waals surface area contributed by atoms with E-state index in [0.717, 1.165) is 15.1 Å². The van der Waals surface area contributed by atoms with Gasteiger partial charge in [-0.2, -0.15) is 5.10 Å². The summed E-state index contributed by atoms with van der Waals surface area (Å²) >= 11 is 4.31. The first-order chi connectivity index (χ1) is 7.49. The van der Waals surface area contributed by atoms with Crippen molar-refractivity contribution in [2.24, 2.45) is 0 Å². The molecule has 2 aromatic rings. The lowest BCUT2D eigenvalue weighted by Crippen LogP contribution is -2.12. The first kappa shape index (κ1) is 11.4. The van der Waals surface area contributed by atoms with Crippen LogP contribution in [0.3, 0.4) is 0 Å². The minimum absolute atomic E-state index is 0.171. The zero-order valence-corrected chi connectivity index (χ0v) is 11.0. The Morgan fingerprint density at radius 2 is 2.25 bits per heavy atom. The van der Waals surface area contributed by atoms with Crippen molar-refractivity contribution < 1.29 is 8.42 Å². The second-order valence-corrected chi connectivity index (χ2v) is 7.24. The molecule has 4 N–H and O–H groups in total. The number of hydrogen-bond donors (Lipinski definition) is 3. The highest BCUT2D eigenvalue weighted by atomic mass is 79.9. The molecule has 16 heavy (non-hydrogen) atoms. The summed E-state index contributed by atoms with van der Waals surface area (Å²) in [6, 6.07) is 3.17. The third-order valence-electron chi connectivity index (χ3n) is 1.72. The number of aromatic amines is 1. The minimum atomic E-state index is -3.60. The number of rotatable bonds is 3. The highest BCUT2D eigenvalue weighted by Gasteiger charge is 2.18. The third kappa shape index (κ3) is 2.20. The Labute approximate surface area is 104 Å². The van der Waals surface area contributed by atoms with Crippen LogP contribution in [-0.2, 0) is 10.0 Å². The van der Waals surface area contributed by atoms with Crippen molar-refractivity contribution in [3.8, 4) is 0 Å². The van der Waals surface area contributed by atoms with Crippen LogP contribution in [0.5, 0.6) is 0 Å². The molecule has 0 fully saturated rings. The largest absolute Gasteiger partial charge is 0.394 e. The number of thiophene rings is 1. The van der Waals surface area contributed by atoms with Crippen molar-refractivity contribution in [1.29, 1.82) is 0 Å². The Bertz CT molecular complexity index is 603. The van der Waals surface area contributed by atoms with Crippen LogP contribution in [0.1, 0.15) is 0 Å². The van der Waals surface area contributed by atoms with Gasteiger partial charge in [0, 0.05) is 0 Å². The zero-order chi connectivity index (χ0) is 11.8. The van der Waals surface area contributed by atoms with E-state index >= 15 is 0 Å². The van der Waals surface area contributed by atoms with E-state index in [0.29, 0.717) is 0 Å². The predicted octanol–water partition coefficient (Wildman–Crippen LogP) is 1.62. The van der Waals surface area contributed by atoms with Gasteiger partial charge in [-0.05, 0) is 28.1 Å². The molecule has 2 aromatic heterocycles. The fraction of sp³-hybridized carbons (Fsp3) is 0. The molecule has 0 aliphatic rings. The van der Waals surface area contributed by atoms with Crippen molar-refractivity contribution in [2.75, 3.05) is 10.5 Å². The molecule has 86 valence electrons. The van der Waals surface area contributed by atoms with Gasteiger partial charge in [-0.15, -0.1) is 11.3 Å². The number of nitrogen functional groups attached to an aromatic ring is 1. The molecule has 0 saturated carbocycles. The molecule has 6 nitrogen and oxygen atoms in total. The van der Waals surface area contributed by atoms with Crippen LogP contribution in [0.15, 0.2) is 26.3 Å². The van der Waals surface area contributed by atoms with Crippen molar-refractivity contribution in [3.05, 3.63) is 22.1 Å². The third-order valence-corrected chi connectivity index (χ3v) is 5.18. The Morgan fingerprint density at radius 1 is 1.50 bits per heavy atom. The van der Waals surface area contributed by atoms with Gasteiger partial charge in [-0.1, -0.05) is 0 Å². The van der Waals surface area contributed by atoms with Crippen LogP contribution in [0.25, 0.3) is 0 Å². The molecule has 0 radical (unpaired) electrons. The molecule has 0 saturated heterocycles. The first-order valence-electron chi connectivity index (χ1n) is 4.06. The van der Waals surface area contributed by atoms with Gasteiger partial charge in [0.1, 0.15) is 4.21 Å². The first-order valence-corrected chi connectivity index (χ1v) is 7.15. The second-order valence-electron chi connectivity index (χ2n) is 2.86. The van der Waals surface area contributed by atoms with Crippen LogP contribution in [0.4, 0.5) is 11.5 Å². The fourth-order valence-corrected chi connectivity index (χ4v) is 4.06. The minimum Gasteiger partial charge on any atom is -0.394 e. The summed E-state index contributed by atoms with van der Waals surface area (Å²) in [4.78, 5) is 0. The lowest BCUT2D eigenvalue weighted by Gasteiger charge is -2.03. The van der Waals surface area contributed by atoms with E-state index in [4.69, 9.17) is 5.73 Å². The summed E-state index contributed by atoms with van der Waals surface area (Å²) in [5, 5.41) is 6.09. The summed E-state index contributed by atoms with van der Waals surface area (Å²) in [6.07, 6.45) is 1.34. The number of H-pyrrole nitrogens is 1. The maximum atomic E-state index is 11.8. The van der Waals surface area contributed by atoms with Gasteiger partial charge < -0.3 is 5.73 Å². The molecule has 2 heterocycles. The topological polar surface area (TPSA) is 101 Å². The summed E-state index contributed by atoms with van der Waals surface area (Å²) in [7, 11) is -3.60. The molecule has 0 aromatic carbocycles.